The predicted molar refractivity (Wildman–Crippen MR) is 80.0 cm³/mol. The number of rotatable bonds is 6. The third-order valence-corrected chi connectivity index (χ3v) is 2.98. The summed E-state index contributed by atoms with van der Waals surface area (Å²) in [6, 6.07) is 14.1. The largest absolute Gasteiger partial charge is 0.385 e. The molecule has 0 aliphatic carbocycles. The molecule has 0 amide bonds. The number of anilines is 2. The molecule has 1 heterocycles. The molecule has 2 rings (SSSR count). The number of benzene rings is 1. The number of nitrogens with zero attached hydrogens (tertiary/aromatic N) is 1. The fraction of sp³-hybridized carbons (Fsp3) is 0.214. The molecule has 0 saturated carbocycles. The van der Waals surface area contributed by atoms with Gasteiger partial charge >= 0.3 is 0 Å². The van der Waals surface area contributed by atoms with Gasteiger partial charge in [-0.2, -0.15) is 0 Å². The van der Waals surface area contributed by atoms with Crippen molar-refractivity contribution in [1.29, 1.82) is 0 Å². The van der Waals surface area contributed by atoms with Gasteiger partial charge < -0.3 is 10.6 Å². The second kappa shape index (κ2) is 7.01. The molecular weight excluding hydrogens is 290 g/mol. The van der Waals surface area contributed by atoms with Gasteiger partial charge in [0, 0.05) is 29.4 Å². The van der Waals surface area contributed by atoms with E-state index in [1.807, 2.05) is 30.3 Å². The molecule has 18 heavy (non-hydrogen) atoms. The number of pyridine rings is 1. The second-order valence-corrected chi connectivity index (χ2v) is 4.85. The van der Waals surface area contributed by atoms with E-state index in [0.29, 0.717) is 0 Å². The minimum atomic E-state index is 0.906. The Labute approximate surface area is 116 Å². The third-order valence-electron chi connectivity index (χ3n) is 2.48. The van der Waals surface area contributed by atoms with Crippen molar-refractivity contribution in [3.05, 3.63) is 53.1 Å². The van der Waals surface area contributed by atoms with E-state index >= 15 is 0 Å². The zero-order valence-electron chi connectivity index (χ0n) is 10.1. The lowest BCUT2D eigenvalue weighted by molar-refractivity contribution is 0.903. The Kier molecular flexibility index (Phi) is 5.02. The molecule has 0 radical (unpaired) electrons. The van der Waals surface area contributed by atoms with Crippen LogP contribution in [0.2, 0.25) is 0 Å². The maximum Gasteiger partial charge on any atom is 0.127 e. The van der Waals surface area contributed by atoms with Gasteiger partial charge in [-0.1, -0.05) is 34.1 Å². The highest BCUT2D eigenvalue weighted by molar-refractivity contribution is 9.10. The van der Waals surface area contributed by atoms with Crippen LogP contribution in [0.1, 0.15) is 6.42 Å². The van der Waals surface area contributed by atoms with E-state index in [1.54, 1.807) is 6.20 Å². The molecule has 1 aromatic heterocycles. The number of halogens is 1. The molecule has 4 heteroatoms. The molecule has 2 aromatic rings. The van der Waals surface area contributed by atoms with Crippen molar-refractivity contribution in [1.82, 2.24) is 4.98 Å². The minimum absolute atomic E-state index is 0.906. The number of nitrogens with one attached hydrogen (secondary N) is 2. The molecule has 0 atom stereocenters. The van der Waals surface area contributed by atoms with Gasteiger partial charge in [-0.3, -0.25) is 0 Å². The van der Waals surface area contributed by atoms with Gasteiger partial charge in [0.15, 0.2) is 0 Å². The lowest BCUT2D eigenvalue weighted by Gasteiger charge is -2.07. The maximum absolute atomic E-state index is 4.23. The maximum atomic E-state index is 4.23. The second-order valence-electron chi connectivity index (χ2n) is 3.93. The van der Waals surface area contributed by atoms with Crippen LogP contribution in [0.4, 0.5) is 11.5 Å². The third kappa shape index (κ3) is 4.37. The number of hydrogen-bond acceptors (Lipinski definition) is 3. The van der Waals surface area contributed by atoms with E-state index in [0.717, 1.165) is 35.5 Å². The summed E-state index contributed by atoms with van der Waals surface area (Å²) >= 11 is 3.42. The summed E-state index contributed by atoms with van der Waals surface area (Å²) in [6.45, 7) is 1.86. The summed E-state index contributed by atoms with van der Waals surface area (Å²) in [5.74, 6) is 0.907. The first-order valence-corrected chi connectivity index (χ1v) is 6.78. The van der Waals surface area contributed by atoms with Gasteiger partial charge in [-0.15, -0.1) is 0 Å². The van der Waals surface area contributed by atoms with Crippen molar-refractivity contribution in [3.63, 3.8) is 0 Å². The first-order chi connectivity index (χ1) is 8.84. The van der Waals surface area contributed by atoms with Gasteiger partial charge in [0.1, 0.15) is 5.82 Å². The van der Waals surface area contributed by atoms with E-state index in [1.165, 1.54) is 0 Å². The molecule has 0 aliphatic heterocycles. The summed E-state index contributed by atoms with van der Waals surface area (Å²) in [6.07, 6.45) is 2.83. The monoisotopic (exact) mass is 305 g/mol. The minimum Gasteiger partial charge on any atom is -0.385 e. The Bertz CT molecular complexity index is 473. The average Bonchev–Trinajstić information content (AvgIpc) is 2.40. The standard InChI is InChI=1S/C14H16BrN3/c15-12-7-10-18-14(11-12)17-9-4-8-16-13-5-2-1-3-6-13/h1-3,5-7,10-11,16H,4,8-9H2,(H,17,18). The van der Waals surface area contributed by atoms with Crippen LogP contribution in [0.5, 0.6) is 0 Å². The van der Waals surface area contributed by atoms with Crippen LogP contribution >= 0.6 is 15.9 Å². The number of aromatic nitrogens is 1. The van der Waals surface area contributed by atoms with Crippen LogP contribution in [-0.4, -0.2) is 18.1 Å². The van der Waals surface area contributed by atoms with Gasteiger partial charge in [0.25, 0.3) is 0 Å². The Morgan fingerprint density at radius 2 is 1.78 bits per heavy atom. The molecule has 0 fully saturated rings. The van der Waals surface area contributed by atoms with Crippen molar-refractivity contribution >= 4 is 27.4 Å². The van der Waals surface area contributed by atoms with Crippen LogP contribution in [0.25, 0.3) is 0 Å². The van der Waals surface area contributed by atoms with Crippen LogP contribution in [0.3, 0.4) is 0 Å². The van der Waals surface area contributed by atoms with Crippen LogP contribution in [0.15, 0.2) is 53.1 Å². The topological polar surface area (TPSA) is 37.0 Å². The normalized spacial score (nSPS) is 10.1. The van der Waals surface area contributed by atoms with Gasteiger partial charge in [0.05, 0.1) is 0 Å². The summed E-state index contributed by atoms with van der Waals surface area (Å²) in [4.78, 5) is 4.23. The number of hydrogen-bond donors (Lipinski definition) is 2. The first kappa shape index (κ1) is 12.9. The fourth-order valence-electron chi connectivity index (χ4n) is 1.60. The highest BCUT2D eigenvalue weighted by atomic mass is 79.9. The molecular formula is C14H16BrN3. The quantitative estimate of drug-likeness (QED) is 0.798. The van der Waals surface area contributed by atoms with E-state index in [2.05, 4.69) is 43.7 Å². The fourth-order valence-corrected chi connectivity index (χ4v) is 1.93. The lowest BCUT2D eigenvalue weighted by atomic mass is 10.3. The first-order valence-electron chi connectivity index (χ1n) is 5.99. The van der Waals surface area contributed by atoms with Crippen molar-refractivity contribution < 1.29 is 0 Å². The Morgan fingerprint density at radius 3 is 2.56 bits per heavy atom. The highest BCUT2D eigenvalue weighted by Crippen LogP contribution is 2.12. The van der Waals surface area contributed by atoms with Crippen molar-refractivity contribution in [2.75, 3.05) is 23.7 Å². The molecule has 0 bridgehead atoms. The Hall–Kier alpha value is -1.55. The van der Waals surface area contributed by atoms with E-state index in [9.17, 15) is 0 Å². The van der Waals surface area contributed by atoms with Crippen molar-refractivity contribution in [2.24, 2.45) is 0 Å². The predicted octanol–water partition coefficient (Wildman–Crippen LogP) is 3.76. The van der Waals surface area contributed by atoms with Crippen molar-refractivity contribution in [3.8, 4) is 0 Å². The lowest BCUT2D eigenvalue weighted by Crippen LogP contribution is -2.09. The Morgan fingerprint density at radius 1 is 1.00 bits per heavy atom. The zero-order valence-corrected chi connectivity index (χ0v) is 11.7. The molecule has 94 valence electrons. The molecule has 0 unspecified atom stereocenters. The summed E-state index contributed by atoms with van der Waals surface area (Å²) in [5.41, 5.74) is 1.16. The average molecular weight is 306 g/mol. The van der Waals surface area contributed by atoms with Crippen LogP contribution in [-0.2, 0) is 0 Å². The molecule has 0 aliphatic rings. The van der Waals surface area contributed by atoms with Gasteiger partial charge in [-0.05, 0) is 30.7 Å². The zero-order chi connectivity index (χ0) is 12.6. The molecule has 0 saturated heterocycles. The SMILES string of the molecule is Brc1ccnc(NCCCNc2ccccc2)c1. The van der Waals surface area contributed by atoms with E-state index in [-0.39, 0.29) is 0 Å². The molecule has 2 N–H and O–H groups in total. The van der Waals surface area contributed by atoms with Gasteiger partial charge in [0.2, 0.25) is 0 Å². The van der Waals surface area contributed by atoms with Crippen molar-refractivity contribution in [2.45, 2.75) is 6.42 Å². The van der Waals surface area contributed by atoms with Crippen LogP contribution in [0, 0.1) is 0 Å². The molecule has 3 nitrogen and oxygen atoms in total. The summed E-state index contributed by atoms with van der Waals surface area (Å²) in [5, 5.41) is 6.66. The summed E-state index contributed by atoms with van der Waals surface area (Å²) in [7, 11) is 0. The highest BCUT2D eigenvalue weighted by Gasteiger charge is 1.94. The molecule has 1 aromatic carbocycles. The van der Waals surface area contributed by atoms with Gasteiger partial charge in [-0.25, -0.2) is 4.98 Å². The summed E-state index contributed by atoms with van der Waals surface area (Å²) < 4.78 is 1.04. The smallest absolute Gasteiger partial charge is 0.127 e. The Balaban J connectivity index is 1.65. The number of para-hydroxylation sites is 1. The van der Waals surface area contributed by atoms with Crippen LogP contribution < -0.4 is 10.6 Å². The van der Waals surface area contributed by atoms with E-state index in [4.69, 9.17) is 0 Å². The molecule has 0 spiro atoms. The van der Waals surface area contributed by atoms with E-state index < -0.39 is 0 Å².